The lowest BCUT2D eigenvalue weighted by Crippen LogP contribution is -2.26. The highest BCUT2D eigenvalue weighted by Crippen LogP contribution is 2.44. The molecule has 0 saturated heterocycles. The molecule has 0 aromatic heterocycles. The molecule has 0 aliphatic heterocycles. The summed E-state index contributed by atoms with van der Waals surface area (Å²) in [5.74, 6) is 1.27. The Kier molecular flexibility index (Phi) is 3.52. The van der Waals surface area contributed by atoms with Gasteiger partial charge in [0.15, 0.2) is 0 Å². The highest BCUT2D eigenvalue weighted by atomic mass is 16.1. The number of carbonyl (C=O) groups is 1. The van der Waals surface area contributed by atoms with E-state index in [4.69, 9.17) is 0 Å². The Morgan fingerprint density at radius 3 is 2.50 bits per heavy atom. The maximum absolute atomic E-state index is 11.8. The fraction of sp³-hybridized carbons (Fsp3) is 0.769. The van der Waals surface area contributed by atoms with E-state index in [9.17, 15) is 4.79 Å². The molecule has 14 heavy (non-hydrogen) atoms. The second-order valence-electron chi connectivity index (χ2n) is 5.03. The predicted molar refractivity (Wildman–Crippen MR) is 60.1 cm³/mol. The molecule has 2 unspecified atom stereocenters. The normalized spacial score (nSPS) is 31.6. The SMILES string of the molecule is CCC=CCC1CC(C)C(=O)C1(C)C. The Hall–Kier alpha value is -0.590. The molecule has 1 rings (SSSR count). The van der Waals surface area contributed by atoms with Crippen molar-refractivity contribution in [1.29, 1.82) is 0 Å². The van der Waals surface area contributed by atoms with E-state index in [1.165, 1.54) is 0 Å². The molecule has 0 heterocycles. The third kappa shape index (κ3) is 2.08. The molecule has 0 bridgehead atoms. The smallest absolute Gasteiger partial charge is 0.141 e. The first kappa shape index (κ1) is 11.5. The molecule has 1 aliphatic carbocycles. The van der Waals surface area contributed by atoms with Crippen LogP contribution >= 0.6 is 0 Å². The highest BCUT2D eigenvalue weighted by molar-refractivity contribution is 5.88. The number of allylic oxidation sites excluding steroid dienone is 2. The van der Waals surface area contributed by atoms with E-state index in [1.807, 2.05) is 0 Å². The highest BCUT2D eigenvalue weighted by Gasteiger charge is 2.45. The summed E-state index contributed by atoms with van der Waals surface area (Å²) in [4.78, 5) is 11.8. The van der Waals surface area contributed by atoms with Gasteiger partial charge in [-0.05, 0) is 25.2 Å². The number of hydrogen-bond acceptors (Lipinski definition) is 1. The topological polar surface area (TPSA) is 17.1 Å². The average molecular weight is 194 g/mol. The standard InChI is InChI=1S/C13H22O/c1-5-6-7-8-11-9-10(2)12(14)13(11,3)4/h6-7,10-11H,5,8-9H2,1-4H3. The van der Waals surface area contributed by atoms with E-state index in [1.54, 1.807) is 0 Å². The summed E-state index contributed by atoms with van der Waals surface area (Å²) in [5.41, 5.74) is -0.0997. The van der Waals surface area contributed by atoms with Gasteiger partial charge in [-0.25, -0.2) is 0 Å². The average Bonchev–Trinajstić information content (AvgIpc) is 2.31. The largest absolute Gasteiger partial charge is 0.299 e. The first-order chi connectivity index (χ1) is 6.50. The zero-order valence-corrected chi connectivity index (χ0v) is 9.84. The van der Waals surface area contributed by atoms with Gasteiger partial charge in [0.05, 0.1) is 0 Å². The molecule has 80 valence electrons. The fourth-order valence-electron chi connectivity index (χ4n) is 2.48. The van der Waals surface area contributed by atoms with E-state index in [-0.39, 0.29) is 11.3 Å². The molecule has 1 aliphatic rings. The van der Waals surface area contributed by atoms with Gasteiger partial charge < -0.3 is 0 Å². The molecular weight excluding hydrogens is 172 g/mol. The van der Waals surface area contributed by atoms with Gasteiger partial charge in [0.1, 0.15) is 5.78 Å². The molecule has 0 spiro atoms. The molecule has 0 amide bonds. The lowest BCUT2D eigenvalue weighted by molar-refractivity contribution is -0.127. The zero-order chi connectivity index (χ0) is 10.8. The molecule has 0 N–H and O–H groups in total. The monoisotopic (exact) mass is 194 g/mol. The quantitative estimate of drug-likeness (QED) is 0.627. The third-order valence-electron chi connectivity index (χ3n) is 3.56. The van der Waals surface area contributed by atoms with Crippen LogP contribution < -0.4 is 0 Å². The van der Waals surface area contributed by atoms with Gasteiger partial charge in [-0.15, -0.1) is 0 Å². The summed E-state index contributed by atoms with van der Waals surface area (Å²) in [7, 11) is 0. The van der Waals surface area contributed by atoms with Crippen molar-refractivity contribution < 1.29 is 4.79 Å². The van der Waals surface area contributed by atoms with Gasteiger partial charge >= 0.3 is 0 Å². The number of ketones is 1. The Bertz CT molecular complexity index is 238. The van der Waals surface area contributed by atoms with E-state index in [0.29, 0.717) is 11.7 Å². The van der Waals surface area contributed by atoms with E-state index in [2.05, 4.69) is 39.8 Å². The van der Waals surface area contributed by atoms with Crippen molar-refractivity contribution >= 4 is 5.78 Å². The van der Waals surface area contributed by atoms with Gasteiger partial charge in [0.25, 0.3) is 0 Å². The van der Waals surface area contributed by atoms with Crippen molar-refractivity contribution in [3.63, 3.8) is 0 Å². The van der Waals surface area contributed by atoms with Crippen molar-refractivity contribution in [3.8, 4) is 0 Å². The van der Waals surface area contributed by atoms with E-state index in [0.717, 1.165) is 19.3 Å². The van der Waals surface area contributed by atoms with Crippen LogP contribution in [0.1, 0.15) is 47.0 Å². The van der Waals surface area contributed by atoms with Gasteiger partial charge in [-0.2, -0.15) is 0 Å². The summed E-state index contributed by atoms with van der Waals surface area (Å²) in [6.07, 6.45) is 7.66. The van der Waals surface area contributed by atoms with Crippen LogP contribution in [0.4, 0.5) is 0 Å². The molecule has 1 saturated carbocycles. The summed E-state index contributed by atoms with van der Waals surface area (Å²) in [5, 5.41) is 0. The lowest BCUT2D eigenvalue weighted by atomic mass is 9.79. The number of Topliss-reactive ketones (excluding diaryl/α,β-unsaturated/α-hetero) is 1. The third-order valence-corrected chi connectivity index (χ3v) is 3.56. The minimum absolute atomic E-state index is 0.0997. The maximum Gasteiger partial charge on any atom is 0.141 e. The van der Waals surface area contributed by atoms with Gasteiger partial charge in [-0.3, -0.25) is 4.79 Å². The van der Waals surface area contributed by atoms with Crippen LogP contribution in [0.15, 0.2) is 12.2 Å². The number of rotatable bonds is 3. The van der Waals surface area contributed by atoms with Crippen molar-refractivity contribution in [2.45, 2.75) is 47.0 Å². The van der Waals surface area contributed by atoms with Crippen LogP contribution in [-0.2, 0) is 4.79 Å². The van der Waals surface area contributed by atoms with E-state index >= 15 is 0 Å². The van der Waals surface area contributed by atoms with Crippen molar-refractivity contribution in [2.75, 3.05) is 0 Å². The van der Waals surface area contributed by atoms with Gasteiger partial charge in [0.2, 0.25) is 0 Å². The molecule has 1 nitrogen and oxygen atoms in total. The summed E-state index contributed by atoms with van der Waals surface area (Å²) >= 11 is 0. The van der Waals surface area contributed by atoms with E-state index < -0.39 is 0 Å². The van der Waals surface area contributed by atoms with Gasteiger partial charge in [-0.1, -0.05) is 39.8 Å². The first-order valence-corrected chi connectivity index (χ1v) is 5.69. The summed E-state index contributed by atoms with van der Waals surface area (Å²) < 4.78 is 0. The molecule has 1 fully saturated rings. The first-order valence-electron chi connectivity index (χ1n) is 5.69. The lowest BCUT2D eigenvalue weighted by Gasteiger charge is -2.24. The second-order valence-corrected chi connectivity index (χ2v) is 5.03. The predicted octanol–water partition coefficient (Wildman–Crippen LogP) is 3.59. The fourth-order valence-corrected chi connectivity index (χ4v) is 2.48. The number of carbonyl (C=O) groups excluding carboxylic acids is 1. The maximum atomic E-state index is 11.8. The Morgan fingerprint density at radius 1 is 1.43 bits per heavy atom. The van der Waals surface area contributed by atoms with Gasteiger partial charge in [0, 0.05) is 11.3 Å². The molecule has 0 radical (unpaired) electrons. The van der Waals surface area contributed by atoms with Crippen LogP contribution in [0.3, 0.4) is 0 Å². The molecule has 1 heteroatoms. The van der Waals surface area contributed by atoms with Crippen LogP contribution in [0.2, 0.25) is 0 Å². The van der Waals surface area contributed by atoms with Crippen molar-refractivity contribution in [3.05, 3.63) is 12.2 Å². The molecular formula is C13H22O. The Balaban J connectivity index is 2.63. The van der Waals surface area contributed by atoms with Crippen LogP contribution in [-0.4, -0.2) is 5.78 Å². The molecule has 0 aromatic rings. The Labute approximate surface area is 87.6 Å². The zero-order valence-electron chi connectivity index (χ0n) is 9.84. The minimum atomic E-state index is -0.0997. The summed E-state index contributed by atoms with van der Waals surface area (Å²) in [6, 6.07) is 0. The van der Waals surface area contributed by atoms with Crippen molar-refractivity contribution in [2.24, 2.45) is 17.3 Å². The molecule has 2 atom stereocenters. The Morgan fingerprint density at radius 2 is 2.07 bits per heavy atom. The van der Waals surface area contributed by atoms with Crippen molar-refractivity contribution in [1.82, 2.24) is 0 Å². The summed E-state index contributed by atoms with van der Waals surface area (Å²) in [6.45, 7) is 8.41. The second kappa shape index (κ2) is 4.29. The van der Waals surface area contributed by atoms with Crippen LogP contribution in [0.25, 0.3) is 0 Å². The van der Waals surface area contributed by atoms with Crippen LogP contribution in [0.5, 0.6) is 0 Å². The molecule has 0 aromatic carbocycles. The minimum Gasteiger partial charge on any atom is -0.299 e. The van der Waals surface area contributed by atoms with Crippen LogP contribution in [0, 0.1) is 17.3 Å². The number of hydrogen-bond donors (Lipinski definition) is 0.